The van der Waals surface area contributed by atoms with Crippen molar-refractivity contribution in [2.24, 2.45) is 0 Å². The summed E-state index contributed by atoms with van der Waals surface area (Å²) in [7, 11) is 0. The summed E-state index contributed by atoms with van der Waals surface area (Å²) < 4.78 is 0. The van der Waals surface area contributed by atoms with E-state index in [0.29, 0.717) is 37.4 Å². The maximum Gasteiger partial charge on any atom is 0.341 e. The molecule has 0 aliphatic heterocycles. The predicted molar refractivity (Wildman–Crippen MR) is 136 cm³/mol. The van der Waals surface area contributed by atoms with Gasteiger partial charge in [-0.25, -0.2) is 0 Å². The summed E-state index contributed by atoms with van der Waals surface area (Å²) in [5, 5.41) is 0. The average Bonchev–Trinajstić information content (AvgIpc) is 2.43. The van der Waals surface area contributed by atoms with E-state index in [9.17, 15) is 0 Å². The van der Waals surface area contributed by atoms with Crippen molar-refractivity contribution in [2.75, 3.05) is 0 Å². The molecule has 0 nitrogen and oxygen atoms in total. The van der Waals surface area contributed by atoms with Crippen molar-refractivity contribution in [3.63, 3.8) is 0 Å². The van der Waals surface area contributed by atoms with Gasteiger partial charge in [0.25, 0.3) is 0 Å². The quantitative estimate of drug-likeness (QED) is 0.195. The van der Waals surface area contributed by atoms with Gasteiger partial charge in [-0.15, -0.1) is 99.7 Å². The third kappa shape index (κ3) is 10.1. The lowest BCUT2D eigenvalue weighted by Crippen LogP contribution is -2.17. The summed E-state index contributed by atoms with van der Waals surface area (Å²) >= 11 is 55.1. The minimum Gasteiger partial charge on any atom is -0.126 e. The van der Waals surface area contributed by atoms with Crippen molar-refractivity contribution >= 4 is 118 Å². The first-order valence-corrected chi connectivity index (χ1v) is 24.1. The zero-order chi connectivity index (χ0) is 21.2. The molecule has 1 aromatic carbocycles. The van der Waals surface area contributed by atoms with Gasteiger partial charge >= 0.3 is 18.0 Å². The van der Waals surface area contributed by atoms with E-state index in [-0.39, 0.29) is 0 Å². The fourth-order valence-electron chi connectivity index (χ4n) is 3.32. The van der Waals surface area contributed by atoms with Crippen LogP contribution in [-0.2, 0) is 19.3 Å². The van der Waals surface area contributed by atoms with E-state index >= 15 is 0 Å². The van der Waals surface area contributed by atoms with Crippen LogP contribution in [0.5, 0.6) is 0 Å². The molecular formula is C15H21Cl9Si3. The Morgan fingerprint density at radius 2 is 0.630 bits per heavy atom. The van der Waals surface area contributed by atoms with E-state index in [1.165, 1.54) is 33.4 Å². The Hall–Kier alpha value is 2.48. The zero-order valence-corrected chi connectivity index (χ0v) is 24.9. The van der Waals surface area contributed by atoms with Crippen LogP contribution >= 0.6 is 99.7 Å². The monoisotopic (exact) mass is 600 g/mol. The molecule has 0 fully saturated rings. The first-order valence-electron chi connectivity index (χ1n) is 8.32. The van der Waals surface area contributed by atoms with Gasteiger partial charge in [-0.2, -0.15) is 0 Å². The zero-order valence-electron chi connectivity index (χ0n) is 15.1. The van der Waals surface area contributed by atoms with Crippen LogP contribution in [0.25, 0.3) is 0 Å². The second-order valence-corrected chi connectivity index (χ2v) is 34.5. The number of hydrogen-bond donors (Lipinski definition) is 0. The third-order valence-electron chi connectivity index (χ3n) is 4.69. The Bertz CT molecular complexity index is 549. The van der Waals surface area contributed by atoms with E-state index < -0.39 is 18.0 Å². The summed E-state index contributed by atoms with van der Waals surface area (Å²) in [5.41, 5.74) is 7.15. The van der Waals surface area contributed by atoms with E-state index in [1.807, 2.05) is 0 Å². The van der Waals surface area contributed by atoms with Crippen molar-refractivity contribution in [3.05, 3.63) is 33.4 Å². The maximum atomic E-state index is 6.12. The fourth-order valence-corrected chi connectivity index (χ4v) is 7.47. The molecule has 1 aromatic rings. The summed E-state index contributed by atoms with van der Waals surface area (Å²) in [6, 6.07) is -6.52. The lowest BCUT2D eigenvalue weighted by atomic mass is 9.85. The van der Waals surface area contributed by atoms with Crippen LogP contribution in [0.1, 0.15) is 33.4 Å². The second kappa shape index (κ2) is 10.9. The molecule has 0 N–H and O–H groups in total. The maximum absolute atomic E-state index is 6.12. The lowest BCUT2D eigenvalue weighted by molar-refractivity contribution is 0.954. The van der Waals surface area contributed by atoms with E-state index in [0.717, 1.165) is 0 Å². The molecule has 27 heavy (non-hydrogen) atoms. The summed E-state index contributed by atoms with van der Waals surface area (Å²) in [5.74, 6) is 0. The van der Waals surface area contributed by atoms with Crippen molar-refractivity contribution < 1.29 is 0 Å². The van der Waals surface area contributed by atoms with Gasteiger partial charge in [0.1, 0.15) is 0 Å². The minimum atomic E-state index is -2.73. The molecule has 0 aromatic heterocycles. The Balaban J connectivity index is 3.38. The van der Waals surface area contributed by atoms with Crippen LogP contribution in [0.3, 0.4) is 0 Å². The van der Waals surface area contributed by atoms with E-state index in [4.69, 9.17) is 99.7 Å². The molecule has 0 spiro atoms. The lowest BCUT2D eigenvalue weighted by Gasteiger charge is -2.24. The SMILES string of the molecule is Cc1c(CC[Si](Cl)(Cl)Cl)c(C)c(CC[Si](Cl)(Cl)Cl)c(C)c1CC[Si](Cl)(Cl)Cl. The molecular weight excluding hydrogens is 584 g/mol. The summed E-state index contributed by atoms with van der Waals surface area (Å²) in [4.78, 5) is 0. The van der Waals surface area contributed by atoms with Gasteiger partial charge in [0.2, 0.25) is 0 Å². The molecule has 0 saturated heterocycles. The number of benzene rings is 1. The van der Waals surface area contributed by atoms with Crippen molar-refractivity contribution in [3.8, 4) is 0 Å². The van der Waals surface area contributed by atoms with Gasteiger partial charge in [-0.05, 0) is 91.5 Å². The largest absolute Gasteiger partial charge is 0.341 e. The van der Waals surface area contributed by atoms with Crippen LogP contribution in [0, 0.1) is 20.8 Å². The highest BCUT2D eigenvalue weighted by molar-refractivity contribution is 7.65. The van der Waals surface area contributed by atoms with Crippen LogP contribution in [-0.4, -0.2) is 18.0 Å². The predicted octanol–water partition coefficient (Wildman–Crippen LogP) is 9.21. The van der Waals surface area contributed by atoms with Crippen LogP contribution in [0.2, 0.25) is 18.1 Å². The molecule has 0 unspecified atom stereocenters. The topological polar surface area (TPSA) is 0 Å². The Kier molecular flexibility index (Phi) is 11.1. The highest BCUT2D eigenvalue weighted by Crippen LogP contribution is 2.37. The van der Waals surface area contributed by atoms with E-state index in [1.54, 1.807) is 0 Å². The highest BCUT2D eigenvalue weighted by Gasteiger charge is 2.30. The fraction of sp³-hybridized carbons (Fsp3) is 0.600. The van der Waals surface area contributed by atoms with Crippen molar-refractivity contribution in [2.45, 2.75) is 58.2 Å². The van der Waals surface area contributed by atoms with Gasteiger partial charge < -0.3 is 0 Å². The molecule has 156 valence electrons. The molecule has 0 amide bonds. The van der Waals surface area contributed by atoms with Crippen LogP contribution in [0.15, 0.2) is 0 Å². The van der Waals surface area contributed by atoms with Gasteiger partial charge in [-0.1, -0.05) is 0 Å². The summed E-state index contributed by atoms with van der Waals surface area (Å²) in [6.07, 6.45) is 2.12. The minimum absolute atomic E-state index is 0.555. The highest BCUT2D eigenvalue weighted by atomic mass is 35.9. The average molecular weight is 605 g/mol. The van der Waals surface area contributed by atoms with Gasteiger partial charge in [0, 0.05) is 0 Å². The second-order valence-electron chi connectivity index (χ2n) is 6.66. The molecule has 0 heterocycles. The smallest absolute Gasteiger partial charge is 0.126 e. The molecule has 12 heteroatoms. The number of hydrogen-bond acceptors (Lipinski definition) is 0. The Morgan fingerprint density at radius 3 is 0.778 bits per heavy atom. The van der Waals surface area contributed by atoms with Crippen molar-refractivity contribution in [1.29, 1.82) is 0 Å². The molecule has 0 radical (unpaired) electrons. The molecule has 1 rings (SSSR count). The molecule has 0 bridgehead atoms. The molecule has 0 atom stereocenters. The Morgan fingerprint density at radius 1 is 0.444 bits per heavy atom. The van der Waals surface area contributed by atoms with Gasteiger partial charge in [-0.3, -0.25) is 0 Å². The molecule has 0 aliphatic carbocycles. The van der Waals surface area contributed by atoms with Crippen LogP contribution in [0.4, 0.5) is 0 Å². The van der Waals surface area contributed by atoms with E-state index in [2.05, 4.69) is 20.8 Å². The standard InChI is InChI=1S/C15H21Cl9Si3/c1-10-13(4-7-25(16,17)18)11(2)15(6-9-27(22,23)24)12(3)14(10)5-8-26(19,20)21/h4-9H2,1-3H3. The normalized spacial score (nSPS) is 13.3. The van der Waals surface area contributed by atoms with Gasteiger partial charge in [0.15, 0.2) is 0 Å². The molecule has 0 aliphatic rings. The van der Waals surface area contributed by atoms with Crippen LogP contribution < -0.4 is 0 Å². The van der Waals surface area contributed by atoms with Crippen molar-refractivity contribution in [1.82, 2.24) is 0 Å². The summed E-state index contributed by atoms with van der Waals surface area (Å²) in [6.45, 7) is 6.29. The Labute approximate surface area is 207 Å². The first kappa shape index (κ1) is 27.5. The number of rotatable bonds is 9. The molecule has 0 saturated carbocycles. The third-order valence-corrected chi connectivity index (χ3v) is 12.2. The van der Waals surface area contributed by atoms with Gasteiger partial charge in [0.05, 0.1) is 0 Å². The first-order chi connectivity index (χ1) is 12.0. The number of halogens is 9.